The average Bonchev–Trinajstić information content (AvgIpc) is 2.51. The Morgan fingerprint density at radius 3 is 2.43 bits per heavy atom. The SMILES string of the molecule is CCCNC(=O)C(C)OC(=O)c1ccc(OC)c(OC)c1. The van der Waals surface area contributed by atoms with Gasteiger partial charge in [0, 0.05) is 6.54 Å². The van der Waals surface area contributed by atoms with Gasteiger partial charge in [0.2, 0.25) is 0 Å². The van der Waals surface area contributed by atoms with Gasteiger partial charge in [-0.1, -0.05) is 6.92 Å². The van der Waals surface area contributed by atoms with Crippen molar-refractivity contribution in [2.75, 3.05) is 20.8 Å². The van der Waals surface area contributed by atoms with E-state index in [2.05, 4.69) is 5.32 Å². The first kappa shape index (κ1) is 16.8. The van der Waals surface area contributed by atoms with Gasteiger partial charge in [-0.15, -0.1) is 0 Å². The van der Waals surface area contributed by atoms with Gasteiger partial charge in [0.25, 0.3) is 5.91 Å². The van der Waals surface area contributed by atoms with Crippen LogP contribution < -0.4 is 14.8 Å². The Morgan fingerprint density at radius 2 is 1.86 bits per heavy atom. The molecular weight excluding hydrogens is 274 g/mol. The van der Waals surface area contributed by atoms with Gasteiger partial charge >= 0.3 is 5.97 Å². The summed E-state index contributed by atoms with van der Waals surface area (Å²) < 4.78 is 15.3. The van der Waals surface area contributed by atoms with Crippen molar-refractivity contribution in [3.63, 3.8) is 0 Å². The van der Waals surface area contributed by atoms with Crippen LogP contribution in [0.2, 0.25) is 0 Å². The number of ether oxygens (including phenoxy) is 3. The minimum atomic E-state index is -0.850. The maximum absolute atomic E-state index is 12.0. The van der Waals surface area contributed by atoms with Crippen molar-refractivity contribution < 1.29 is 23.8 Å². The number of benzene rings is 1. The Balaban J connectivity index is 2.73. The quantitative estimate of drug-likeness (QED) is 0.776. The fourth-order valence-corrected chi connectivity index (χ4v) is 1.64. The fraction of sp³-hybridized carbons (Fsp3) is 0.467. The molecule has 0 aromatic heterocycles. The summed E-state index contributed by atoms with van der Waals surface area (Å²) in [5, 5.41) is 2.67. The van der Waals surface area contributed by atoms with E-state index in [1.165, 1.54) is 27.2 Å². The van der Waals surface area contributed by atoms with Crippen LogP contribution >= 0.6 is 0 Å². The zero-order chi connectivity index (χ0) is 15.8. The Bertz CT molecular complexity index is 501. The first-order valence-electron chi connectivity index (χ1n) is 6.74. The number of rotatable bonds is 7. The van der Waals surface area contributed by atoms with Crippen LogP contribution in [0.25, 0.3) is 0 Å². The van der Waals surface area contributed by atoms with Crippen molar-refractivity contribution in [3.8, 4) is 11.5 Å². The molecule has 0 radical (unpaired) electrons. The van der Waals surface area contributed by atoms with Gasteiger partial charge < -0.3 is 19.5 Å². The maximum atomic E-state index is 12.0. The summed E-state index contributed by atoms with van der Waals surface area (Å²) in [5.41, 5.74) is 0.294. The lowest BCUT2D eigenvalue weighted by Crippen LogP contribution is -2.36. The molecule has 0 heterocycles. The van der Waals surface area contributed by atoms with Gasteiger partial charge in [0.05, 0.1) is 19.8 Å². The van der Waals surface area contributed by atoms with Crippen molar-refractivity contribution in [2.24, 2.45) is 0 Å². The second kappa shape index (κ2) is 8.14. The molecule has 116 valence electrons. The first-order valence-corrected chi connectivity index (χ1v) is 6.74. The molecule has 0 saturated heterocycles. The first-order chi connectivity index (χ1) is 10.0. The number of nitrogens with one attached hydrogen (secondary N) is 1. The number of carbonyl (C=O) groups excluding carboxylic acids is 2. The van der Waals surface area contributed by atoms with Crippen molar-refractivity contribution in [1.29, 1.82) is 0 Å². The molecule has 1 N–H and O–H groups in total. The average molecular weight is 295 g/mol. The lowest BCUT2D eigenvalue weighted by Gasteiger charge is -2.14. The summed E-state index contributed by atoms with van der Waals surface area (Å²) in [6, 6.07) is 4.68. The molecule has 1 aromatic carbocycles. The molecule has 1 atom stereocenters. The summed E-state index contributed by atoms with van der Waals surface area (Å²) in [7, 11) is 2.99. The van der Waals surface area contributed by atoms with Gasteiger partial charge in [0.15, 0.2) is 17.6 Å². The van der Waals surface area contributed by atoms with Crippen LogP contribution in [0.3, 0.4) is 0 Å². The maximum Gasteiger partial charge on any atom is 0.339 e. The third-order valence-corrected chi connectivity index (χ3v) is 2.82. The Hall–Kier alpha value is -2.24. The fourth-order valence-electron chi connectivity index (χ4n) is 1.64. The van der Waals surface area contributed by atoms with E-state index < -0.39 is 12.1 Å². The minimum absolute atomic E-state index is 0.294. The normalized spacial score (nSPS) is 11.4. The van der Waals surface area contributed by atoms with Crippen molar-refractivity contribution >= 4 is 11.9 Å². The van der Waals surface area contributed by atoms with Crippen LogP contribution in [0, 0.1) is 0 Å². The minimum Gasteiger partial charge on any atom is -0.493 e. The lowest BCUT2D eigenvalue weighted by atomic mass is 10.2. The number of esters is 1. The van der Waals surface area contributed by atoms with Gasteiger partial charge in [-0.3, -0.25) is 4.79 Å². The molecule has 1 aromatic rings. The Labute approximate surface area is 124 Å². The molecule has 0 aliphatic carbocycles. The predicted molar refractivity (Wildman–Crippen MR) is 77.7 cm³/mol. The smallest absolute Gasteiger partial charge is 0.339 e. The Morgan fingerprint density at radius 1 is 1.19 bits per heavy atom. The summed E-state index contributed by atoms with van der Waals surface area (Å²) in [5.74, 6) is 0.0404. The van der Waals surface area contributed by atoms with E-state index in [1.807, 2.05) is 6.92 Å². The highest BCUT2D eigenvalue weighted by Gasteiger charge is 2.19. The van der Waals surface area contributed by atoms with Crippen LogP contribution in [0.5, 0.6) is 11.5 Å². The molecule has 0 spiro atoms. The van der Waals surface area contributed by atoms with Gasteiger partial charge in [-0.2, -0.15) is 0 Å². The summed E-state index contributed by atoms with van der Waals surface area (Å²) in [6.45, 7) is 4.03. The van der Waals surface area contributed by atoms with Crippen LogP contribution in [0.4, 0.5) is 0 Å². The highest BCUT2D eigenvalue weighted by Crippen LogP contribution is 2.27. The molecule has 21 heavy (non-hydrogen) atoms. The van der Waals surface area contributed by atoms with E-state index in [0.29, 0.717) is 23.6 Å². The van der Waals surface area contributed by atoms with E-state index in [9.17, 15) is 9.59 Å². The highest BCUT2D eigenvalue weighted by molar-refractivity contribution is 5.92. The van der Waals surface area contributed by atoms with Crippen LogP contribution in [-0.2, 0) is 9.53 Å². The second-order valence-corrected chi connectivity index (χ2v) is 4.41. The molecule has 0 bridgehead atoms. The topological polar surface area (TPSA) is 73.9 Å². The van der Waals surface area contributed by atoms with E-state index in [1.54, 1.807) is 12.1 Å². The second-order valence-electron chi connectivity index (χ2n) is 4.41. The summed E-state index contributed by atoms with van der Waals surface area (Å²) in [6.07, 6.45) is -0.0284. The van der Waals surface area contributed by atoms with Gasteiger partial charge in [-0.25, -0.2) is 4.79 Å². The molecular formula is C15H21NO5. The van der Waals surface area contributed by atoms with Crippen LogP contribution in [0.15, 0.2) is 18.2 Å². The molecule has 1 unspecified atom stereocenters. The van der Waals surface area contributed by atoms with E-state index >= 15 is 0 Å². The summed E-state index contributed by atoms with van der Waals surface area (Å²) in [4.78, 5) is 23.7. The highest BCUT2D eigenvalue weighted by atomic mass is 16.5. The molecule has 6 nitrogen and oxygen atoms in total. The molecule has 6 heteroatoms. The van der Waals surface area contributed by atoms with Crippen LogP contribution in [0.1, 0.15) is 30.6 Å². The number of carbonyl (C=O) groups is 2. The predicted octanol–water partition coefficient (Wildman–Crippen LogP) is 1.78. The summed E-state index contributed by atoms with van der Waals surface area (Å²) >= 11 is 0. The number of methoxy groups -OCH3 is 2. The monoisotopic (exact) mass is 295 g/mol. The Kier molecular flexibility index (Phi) is 6.52. The van der Waals surface area contributed by atoms with Crippen molar-refractivity contribution in [2.45, 2.75) is 26.4 Å². The van der Waals surface area contributed by atoms with Gasteiger partial charge in [0.1, 0.15) is 0 Å². The third kappa shape index (κ3) is 4.66. The lowest BCUT2D eigenvalue weighted by molar-refractivity contribution is -0.129. The number of hydrogen-bond acceptors (Lipinski definition) is 5. The van der Waals surface area contributed by atoms with E-state index in [0.717, 1.165) is 6.42 Å². The molecule has 0 saturated carbocycles. The van der Waals surface area contributed by atoms with Crippen molar-refractivity contribution in [3.05, 3.63) is 23.8 Å². The largest absolute Gasteiger partial charge is 0.493 e. The molecule has 0 fully saturated rings. The molecule has 1 rings (SSSR count). The zero-order valence-corrected chi connectivity index (χ0v) is 12.8. The standard InChI is InChI=1S/C15H21NO5/c1-5-8-16-14(17)10(2)21-15(18)11-6-7-12(19-3)13(9-11)20-4/h6-7,9-10H,5,8H2,1-4H3,(H,16,17). The van der Waals surface area contributed by atoms with Gasteiger partial charge in [-0.05, 0) is 31.5 Å². The number of amides is 1. The molecule has 0 aliphatic rings. The van der Waals surface area contributed by atoms with E-state index in [-0.39, 0.29) is 5.91 Å². The molecule has 1 amide bonds. The number of hydrogen-bond donors (Lipinski definition) is 1. The molecule has 0 aliphatic heterocycles. The zero-order valence-electron chi connectivity index (χ0n) is 12.8. The van der Waals surface area contributed by atoms with E-state index in [4.69, 9.17) is 14.2 Å². The van der Waals surface area contributed by atoms with Crippen LogP contribution in [-0.4, -0.2) is 38.7 Å². The third-order valence-electron chi connectivity index (χ3n) is 2.82. The van der Waals surface area contributed by atoms with Crippen molar-refractivity contribution in [1.82, 2.24) is 5.32 Å².